The van der Waals surface area contributed by atoms with Crippen LogP contribution in [0.2, 0.25) is 0 Å². The summed E-state index contributed by atoms with van der Waals surface area (Å²) in [6.07, 6.45) is 3.05. The molecule has 0 N–H and O–H groups in total. The summed E-state index contributed by atoms with van der Waals surface area (Å²) in [5.74, 6) is -0.836. The first-order valence-electron chi connectivity index (χ1n) is 7.28. The highest BCUT2D eigenvalue weighted by Crippen LogP contribution is 2.49. The third kappa shape index (κ3) is 1.89. The number of alkyl halides is 1. The van der Waals surface area contributed by atoms with Gasteiger partial charge in [-0.25, -0.2) is 0 Å². The molecule has 0 bridgehead atoms. The molecule has 4 nitrogen and oxygen atoms in total. The fraction of sp³-hybridized carbons (Fsp3) is 0.412. The first-order chi connectivity index (χ1) is 10.4. The average Bonchev–Trinajstić information content (AvgIpc) is 2.93. The third-order valence-electron chi connectivity index (χ3n) is 4.48. The first kappa shape index (κ1) is 14.3. The number of fused-ring (bicyclic) bond motifs is 5. The lowest BCUT2D eigenvalue weighted by Gasteiger charge is -2.22. The molecule has 0 radical (unpaired) electrons. The van der Waals surface area contributed by atoms with E-state index in [9.17, 15) is 9.59 Å². The number of allylic oxidation sites excluding steroid dienone is 2. The molecule has 4 rings (SSSR count). The first-order valence-corrected chi connectivity index (χ1v) is 8.40. The van der Waals surface area contributed by atoms with Gasteiger partial charge in [0.15, 0.2) is 17.4 Å². The normalized spacial score (nSPS) is 27.8. The van der Waals surface area contributed by atoms with E-state index in [1.165, 1.54) is 12.2 Å². The quantitative estimate of drug-likeness (QED) is 0.719. The summed E-state index contributed by atoms with van der Waals surface area (Å²) >= 11 is 3.49. The van der Waals surface area contributed by atoms with Crippen LogP contribution in [0.15, 0.2) is 18.2 Å². The van der Waals surface area contributed by atoms with Crippen LogP contribution in [0.3, 0.4) is 0 Å². The van der Waals surface area contributed by atoms with Gasteiger partial charge in [0.1, 0.15) is 6.10 Å². The maximum absolute atomic E-state index is 12.3. The number of carbonyl (C=O) groups is 2. The molecule has 1 aliphatic heterocycles. The molecule has 2 aliphatic carbocycles. The van der Waals surface area contributed by atoms with Gasteiger partial charge in [-0.1, -0.05) is 15.9 Å². The average molecular weight is 363 g/mol. The van der Waals surface area contributed by atoms with Crippen LogP contribution in [0.4, 0.5) is 0 Å². The van der Waals surface area contributed by atoms with Gasteiger partial charge in [0.25, 0.3) is 0 Å². The predicted octanol–water partition coefficient (Wildman–Crippen LogP) is 3.27. The minimum absolute atomic E-state index is 0.0943. The monoisotopic (exact) mass is 362 g/mol. The zero-order valence-electron chi connectivity index (χ0n) is 12.3. The molecule has 1 aromatic rings. The van der Waals surface area contributed by atoms with Gasteiger partial charge in [-0.05, 0) is 48.8 Å². The fourth-order valence-corrected chi connectivity index (χ4v) is 4.19. The summed E-state index contributed by atoms with van der Waals surface area (Å²) in [6, 6.07) is 1.82. The van der Waals surface area contributed by atoms with Gasteiger partial charge >= 0.3 is 0 Å². The van der Waals surface area contributed by atoms with Gasteiger partial charge in [-0.2, -0.15) is 0 Å². The number of rotatable bonds is 1. The van der Waals surface area contributed by atoms with E-state index in [2.05, 4.69) is 15.9 Å². The van der Waals surface area contributed by atoms with Crippen molar-refractivity contribution in [3.8, 4) is 0 Å². The van der Waals surface area contributed by atoms with Gasteiger partial charge in [0.2, 0.25) is 0 Å². The molecule has 0 aromatic heterocycles. The van der Waals surface area contributed by atoms with Gasteiger partial charge in [-0.15, -0.1) is 0 Å². The van der Waals surface area contributed by atoms with E-state index in [0.29, 0.717) is 22.9 Å². The summed E-state index contributed by atoms with van der Waals surface area (Å²) < 4.78 is 12.0. The molecule has 22 heavy (non-hydrogen) atoms. The van der Waals surface area contributed by atoms with Gasteiger partial charge in [0, 0.05) is 22.9 Å². The van der Waals surface area contributed by atoms with Crippen LogP contribution in [-0.2, 0) is 21.2 Å². The number of hydrogen-bond acceptors (Lipinski definition) is 4. The molecular weight excluding hydrogens is 348 g/mol. The lowest BCUT2D eigenvalue weighted by molar-refractivity contribution is -0.148. The zero-order valence-corrected chi connectivity index (χ0v) is 13.9. The summed E-state index contributed by atoms with van der Waals surface area (Å²) in [7, 11) is 0. The lowest BCUT2D eigenvalue weighted by atomic mass is 9.86. The summed E-state index contributed by atoms with van der Waals surface area (Å²) in [5.41, 5.74) is 3.97. The van der Waals surface area contributed by atoms with Crippen molar-refractivity contribution in [1.29, 1.82) is 0 Å². The van der Waals surface area contributed by atoms with Crippen LogP contribution in [0, 0.1) is 0 Å². The molecule has 0 amide bonds. The lowest BCUT2D eigenvalue weighted by Crippen LogP contribution is -2.23. The Balaban J connectivity index is 1.94. The van der Waals surface area contributed by atoms with Crippen LogP contribution in [0.25, 0.3) is 0 Å². The topological polar surface area (TPSA) is 52.6 Å². The Hall–Kier alpha value is -1.30. The smallest absolute Gasteiger partial charge is 0.187 e. The molecule has 2 atom stereocenters. The number of hydrogen-bond donors (Lipinski definition) is 0. The SMILES string of the molecule is CC1(C)OC2Cc3c4c(cc(CBr)c3C2O1)C(=O)C=CC4=O. The van der Waals surface area contributed by atoms with Crippen LogP contribution < -0.4 is 0 Å². The highest BCUT2D eigenvalue weighted by Gasteiger charge is 2.49. The van der Waals surface area contributed by atoms with E-state index in [1.54, 1.807) is 0 Å². The van der Waals surface area contributed by atoms with E-state index < -0.39 is 5.79 Å². The van der Waals surface area contributed by atoms with Crippen molar-refractivity contribution >= 4 is 27.5 Å². The standard InChI is InChI=1S/C17H15BrO4/c1-17(2)21-13-6-10-14(16(13)22-17)8(7-18)5-9-11(19)3-4-12(20)15(9)10/h3-5,13,16H,6-7H2,1-2H3. The Kier molecular flexibility index (Phi) is 2.99. The maximum atomic E-state index is 12.3. The van der Waals surface area contributed by atoms with E-state index in [0.717, 1.165) is 16.7 Å². The molecule has 0 saturated carbocycles. The largest absolute Gasteiger partial charge is 0.344 e. The minimum atomic E-state index is -0.619. The second-order valence-electron chi connectivity index (χ2n) is 6.34. The Morgan fingerprint density at radius 3 is 2.68 bits per heavy atom. The van der Waals surface area contributed by atoms with E-state index in [1.807, 2.05) is 19.9 Å². The summed E-state index contributed by atoms with van der Waals surface area (Å²) in [6.45, 7) is 3.79. The van der Waals surface area contributed by atoms with Gasteiger partial charge < -0.3 is 9.47 Å². The molecule has 0 spiro atoms. The molecule has 3 aliphatic rings. The molecule has 1 saturated heterocycles. The maximum Gasteiger partial charge on any atom is 0.187 e. The second-order valence-corrected chi connectivity index (χ2v) is 6.91. The Morgan fingerprint density at radius 2 is 1.95 bits per heavy atom. The number of ketones is 2. The minimum Gasteiger partial charge on any atom is -0.344 e. The third-order valence-corrected chi connectivity index (χ3v) is 5.08. The van der Waals surface area contributed by atoms with Crippen molar-refractivity contribution < 1.29 is 19.1 Å². The predicted molar refractivity (Wildman–Crippen MR) is 83.4 cm³/mol. The molecule has 114 valence electrons. The molecular formula is C17H15BrO4. The van der Waals surface area contributed by atoms with Crippen LogP contribution in [-0.4, -0.2) is 23.5 Å². The Morgan fingerprint density at radius 1 is 1.23 bits per heavy atom. The van der Waals surface area contributed by atoms with Crippen molar-refractivity contribution in [3.05, 3.63) is 46.0 Å². The van der Waals surface area contributed by atoms with E-state index >= 15 is 0 Å². The second kappa shape index (κ2) is 4.60. The fourth-order valence-electron chi connectivity index (χ4n) is 3.72. The highest BCUT2D eigenvalue weighted by atomic mass is 79.9. The summed E-state index contributed by atoms with van der Waals surface area (Å²) in [4.78, 5) is 24.4. The number of halogens is 1. The van der Waals surface area contributed by atoms with Crippen molar-refractivity contribution in [2.24, 2.45) is 0 Å². The van der Waals surface area contributed by atoms with Crippen molar-refractivity contribution in [2.75, 3.05) is 0 Å². The molecule has 1 aromatic carbocycles. The Labute approximate surface area is 136 Å². The van der Waals surface area contributed by atoms with Crippen molar-refractivity contribution in [3.63, 3.8) is 0 Å². The van der Waals surface area contributed by atoms with Crippen LogP contribution >= 0.6 is 15.9 Å². The van der Waals surface area contributed by atoms with Crippen LogP contribution in [0.5, 0.6) is 0 Å². The zero-order chi connectivity index (χ0) is 15.6. The number of ether oxygens (including phenoxy) is 2. The van der Waals surface area contributed by atoms with Crippen molar-refractivity contribution in [1.82, 2.24) is 0 Å². The molecule has 1 heterocycles. The van der Waals surface area contributed by atoms with Crippen LogP contribution in [0.1, 0.15) is 57.4 Å². The number of carbonyl (C=O) groups excluding carboxylic acids is 2. The van der Waals surface area contributed by atoms with E-state index in [4.69, 9.17) is 9.47 Å². The number of benzene rings is 1. The van der Waals surface area contributed by atoms with Gasteiger partial charge in [0.05, 0.1) is 6.10 Å². The highest BCUT2D eigenvalue weighted by molar-refractivity contribution is 9.08. The Bertz CT molecular complexity index is 748. The molecule has 2 unspecified atom stereocenters. The molecule has 5 heteroatoms. The van der Waals surface area contributed by atoms with Crippen molar-refractivity contribution in [2.45, 2.75) is 43.6 Å². The van der Waals surface area contributed by atoms with E-state index in [-0.39, 0.29) is 23.8 Å². The summed E-state index contributed by atoms with van der Waals surface area (Å²) in [5, 5.41) is 0.612. The molecule has 1 fully saturated rings. The van der Waals surface area contributed by atoms with Gasteiger partial charge in [-0.3, -0.25) is 9.59 Å².